The van der Waals surface area contributed by atoms with Crippen molar-refractivity contribution >= 4 is 33.4 Å². The van der Waals surface area contributed by atoms with E-state index < -0.39 is 0 Å². The molecule has 26 heavy (non-hydrogen) atoms. The smallest absolute Gasteiger partial charge is 0.238 e. The predicted octanol–water partition coefficient (Wildman–Crippen LogP) is 3.71. The molecule has 6 heteroatoms. The average molecular weight is 424 g/mol. The van der Waals surface area contributed by atoms with Crippen molar-refractivity contribution in [2.24, 2.45) is 5.92 Å². The highest BCUT2D eigenvalue weighted by molar-refractivity contribution is 9.10. The molecule has 1 fully saturated rings. The van der Waals surface area contributed by atoms with Gasteiger partial charge in [0.15, 0.2) is 0 Å². The summed E-state index contributed by atoms with van der Waals surface area (Å²) in [4.78, 5) is 26.7. The first-order valence-electron chi connectivity index (χ1n) is 9.34. The summed E-state index contributed by atoms with van der Waals surface area (Å²) in [6.45, 7) is 6.17. The molecule has 0 bridgehead atoms. The first kappa shape index (κ1) is 20.9. The van der Waals surface area contributed by atoms with Crippen LogP contribution in [0.25, 0.3) is 0 Å². The second-order valence-electron chi connectivity index (χ2n) is 7.48. The van der Waals surface area contributed by atoms with Gasteiger partial charge < -0.3 is 10.6 Å². The Labute approximate surface area is 165 Å². The highest BCUT2D eigenvalue weighted by atomic mass is 79.9. The third kappa shape index (κ3) is 5.81. The van der Waals surface area contributed by atoms with E-state index in [-0.39, 0.29) is 30.4 Å². The summed E-state index contributed by atoms with van der Waals surface area (Å²) >= 11 is 3.42. The van der Waals surface area contributed by atoms with E-state index in [0.717, 1.165) is 22.1 Å². The predicted molar refractivity (Wildman–Crippen MR) is 109 cm³/mol. The molecule has 0 unspecified atom stereocenters. The minimum absolute atomic E-state index is 0.00104. The van der Waals surface area contributed by atoms with Crippen LogP contribution in [0.15, 0.2) is 22.7 Å². The Morgan fingerprint density at radius 2 is 2.00 bits per heavy atom. The molecule has 0 aliphatic heterocycles. The number of rotatable bonds is 6. The maximum atomic E-state index is 12.5. The summed E-state index contributed by atoms with van der Waals surface area (Å²) < 4.78 is 0.979. The van der Waals surface area contributed by atoms with Crippen molar-refractivity contribution in [3.63, 3.8) is 0 Å². The van der Waals surface area contributed by atoms with E-state index in [2.05, 4.69) is 33.5 Å². The molecule has 0 heterocycles. The Hall–Kier alpha value is -1.40. The lowest BCUT2D eigenvalue weighted by atomic mass is 9.86. The van der Waals surface area contributed by atoms with E-state index in [0.29, 0.717) is 5.92 Å². The summed E-state index contributed by atoms with van der Waals surface area (Å²) in [6, 6.07) is 5.64. The molecule has 0 spiro atoms. The molecule has 1 aliphatic carbocycles. The average Bonchev–Trinajstić information content (AvgIpc) is 2.58. The number of carbonyl (C=O) groups excluding carboxylic acids is 2. The van der Waals surface area contributed by atoms with E-state index >= 15 is 0 Å². The van der Waals surface area contributed by atoms with E-state index in [1.807, 2.05) is 39.1 Å². The number of halogens is 1. The van der Waals surface area contributed by atoms with E-state index in [1.54, 1.807) is 4.90 Å². The van der Waals surface area contributed by atoms with Gasteiger partial charge in [-0.05, 0) is 63.4 Å². The third-order valence-electron chi connectivity index (χ3n) is 5.34. The molecule has 1 saturated carbocycles. The fraction of sp³-hybridized carbons (Fsp3) is 0.600. The molecule has 2 amide bonds. The van der Waals surface area contributed by atoms with Crippen LogP contribution in [0.3, 0.4) is 0 Å². The minimum Gasteiger partial charge on any atom is -0.352 e. The van der Waals surface area contributed by atoms with Crippen molar-refractivity contribution in [2.45, 2.75) is 58.5 Å². The van der Waals surface area contributed by atoms with Gasteiger partial charge in [0.1, 0.15) is 0 Å². The molecular weight excluding hydrogens is 394 g/mol. The van der Waals surface area contributed by atoms with Crippen LogP contribution in [-0.2, 0) is 9.59 Å². The first-order valence-corrected chi connectivity index (χ1v) is 10.1. The lowest BCUT2D eigenvalue weighted by molar-refractivity contribution is -0.127. The van der Waals surface area contributed by atoms with Crippen molar-refractivity contribution in [3.8, 4) is 0 Å². The fourth-order valence-electron chi connectivity index (χ4n) is 3.35. The third-order valence-corrected chi connectivity index (χ3v) is 5.83. The number of nitrogens with zero attached hydrogens (tertiary/aromatic N) is 1. The van der Waals surface area contributed by atoms with Crippen LogP contribution in [0.2, 0.25) is 0 Å². The van der Waals surface area contributed by atoms with Gasteiger partial charge in [0, 0.05) is 16.2 Å². The topological polar surface area (TPSA) is 61.4 Å². The maximum absolute atomic E-state index is 12.5. The second kappa shape index (κ2) is 9.51. The Balaban J connectivity index is 1.85. The molecule has 0 aromatic heterocycles. The number of hydrogen-bond donors (Lipinski definition) is 2. The zero-order valence-electron chi connectivity index (χ0n) is 16.1. The Kier molecular flexibility index (Phi) is 7.65. The van der Waals surface area contributed by atoms with Gasteiger partial charge in [-0.25, -0.2) is 0 Å². The summed E-state index contributed by atoms with van der Waals surface area (Å²) in [7, 11) is 1.81. The van der Waals surface area contributed by atoms with Crippen molar-refractivity contribution in [2.75, 3.05) is 18.9 Å². The Bertz CT molecular complexity index is 650. The first-order chi connectivity index (χ1) is 12.3. The van der Waals surface area contributed by atoms with E-state index in [1.165, 1.54) is 19.3 Å². The van der Waals surface area contributed by atoms with Crippen LogP contribution in [0.1, 0.15) is 45.1 Å². The van der Waals surface area contributed by atoms with Gasteiger partial charge in [0.05, 0.1) is 12.6 Å². The molecule has 3 atom stereocenters. The van der Waals surface area contributed by atoms with Gasteiger partial charge in [-0.3, -0.25) is 14.5 Å². The molecule has 2 rings (SSSR count). The Morgan fingerprint density at radius 3 is 2.65 bits per heavy atom. The molecule has 0 saturated heterocycles. The van der Waals surface area contributed by atoms with Crippen molar-refractivity contribution in [1.82, 2.24) is 10.2 Å². The van der Waals surface area contributed by atoms with Gasteiger partial charge in [-0.15, -0.1) is 0 Å². The molecule has 2 N–H and O–H groups in total. The van der Waals surface area contributed by atoms with E-state index in [9.17, 15) is 9.59 Å². The monoisotopic (exact) mass is 423 g/mol. The molecule has 1 aromatic rings. The second-order valence-corrected chi connectivity index (χ2v) is 8.39. The van der Waals surface area contributed by atoms with Crippen LogP contribution < -0.4 is 10.6 Å². The summed E-state index contributed by atoms with van der Waals surface area (Å²) in [5.74, 6) is 0.399. The van der Waals surface area contributed by atoms with Crippen LogP contribution in [-0.4, -0.2) is 42.4 Å². The summed E-state index contributed by atoms with van der Waals surface area (Å²) in [5.41, 5.74) is 1.78. The zero-order valence-corrected chi connectivity index (χ0v) is 17.7. The number of likely N-dealkylation sites (N-methyl/N-ethyl adjacent to an activating group) is 1. The lowest BCUT2D eigenvalue weighted by Crippen LogP contribution is -2.50. The van der Waals surface area contributed by atoms with Crippen LogP contribution in [0.5, 0.6) is 0 Å². The summed E-state index contributed by atoms with van der Waals surface area (Å²) in [6.07, 6.45) is 4.64. The van der Waals surface area contributed by atoms with Gasteiger partial charge in [0.25, 0.3) is 0 Å². The van der Waals surface area contributed by atoms with Crippen molar-refractivity contribution < 1.29 is 9.59 Å². The Morgan fingerprint density at radius 1 is 1.31 bits per heavy atom. The van der Waals surface area contributed by atoms with Crippen molar-refractivity contribution in [3.05, 3.63) is 28.2 Å². The molecule has 0 radical (unpaired) electrons. The van der Waals surface area contributed by atoms with Crippen LogP contribution in [0, 0.1) is 12.8 Å². The largest absolute Gasteiger partial charge is 0.352 e. The van der Waals surface area contributed by atoms with Gasteiger partial charge in [-0.2, -0.15) is 0 Å². The van der Waals surface area contributed by atoms with E-state index in [4.69, 9.17) is 0 Å². The number of aryl methyl sites for hydroxylation is 1. The quantitative estimate of drug-likeness (QED) is 0.732. The van der Waals surface area contributed by atoms with Gasteiger partial charge in [0.2, 0.25) is 11.8 Å². The summed E-state index contributed by atoms with van der Waals surface area (Å²) in [5, 5.41) is 6.09. The number of amides is 2. The SMILES string of the molecule is Cc1cc(Br)ccc1NC(=O)CN(C)[C@@H](C)C(=O)N[C@@H]1CCCC[C@@H]1C. The van der Waals surface area contributed by atoms with Crippen LogP contribution in [0.4, 0.5) is 5.69 Å². The molecular formula is C20H30BrN3O2. The molecule has 1 aliphatic rings. The number of benzene rings is 1. The zero-order chi connectivity index (χ0) is 19.3. The van der Waals surface area contributed by atoms with Crippen molar-refractivity contribution in [1.29, 1.82) is 0 Å². The maximum Gasteiger partial charge on any atom is 0.238 e. The molecule has 5 nitrogen and oxygen atoms in total. The minimum atomic E-state index is -0.346. The van der Waals surface area contributed by atoms with Gasteiger partial charge in [-0.1, -0.05) is 35.7 Å². The molecule has 1 aromatic carbocycles. The number of anilines is 1. The number of carbonyl (C=O) groups is 2. The highest BCUT2D eigenvalue weighted by Crippen LogP contribution is 2.24. The highest BCUT2D eigenvalue weighted by Gasteiger charge is 2.26. The van der Waals surface area contributed by atoms with Gasteiger partial charge >= 0.3 is 0 Å². The lowest BCUT2D eigenvalue weighted by Gasteiger charge is -2.32. The van der Waals surface area contributed by atoms with Crippen LogP contribution >= 0.6 is 15.9 Å². The number of hydrogen-bond acceptors (Lipinski definition) is 3. The molecule has 144 valence electrons. The normalized spacial score (nSPS) is 21.3. The standard InChI is InChI=1S/C20H30BrN3O2/c1-13-7-5-6-8-17(13)23-20(26)15(3)24(4)12-19(25)22-18-10-9-16(21)11-14(18)2/h9-11,13,15,17H,5-8,12H2,1-4H3,(H,22,25)(H,23,26)/t13-,15-,17+/m0/s1. The number of nitrogens with one attached hydrogen (secondary N) is 2. The fourth-order valence-corrected chi connectivity index (χ4v) is 3.83.